The number of nitrogens with zero attached hydrogens (tertiary/aromatic N) is 2. The van der Waals surface area contributed by atoms with Gasteiger partial charge in [0.15, 0.2) is 0 Å². The van der Waals surface area contributed by atoms with Crippen molar-refractivity contribution in [3.05, 3.63) is 28.9 Å². The molecule has 0 fully saturated rings. The van der Waals surface area contributed by atoms with Crippen molar-refractivity contribution in [2.24, 2.45) is 4.99 Å². The molecule has 2 heteroatoms. The Bertz CT molecular complexity index is 365. The first-order valence-electron chi connectivity index (χ1n) is 3.32. The van der Waals surface area contributed by atoms with Crippen LogP contribution in [0.4, 0.5) is 0 Å². The first-order chi connectivity index (χ1) is 5.25. The fraction of sp³-hybridized carbons (Fsp3) is 0.111. The Morgan fingerprint density at radius 1 is 1.64 bits per heavy atom. The number of hydrogen-bond donors (Lipinski definition) is 0. The van der Waals surface area contributed by atoms with E-state index in [9.17, 15) is 0 Å². The van der Waals surface area contributed by atoms with Crippen LogP contribution in [0.3, 0.4) is 0 Å². The van der Waals surface area contributed by atoms with Gasteiger partial charge in [0.2, 0.25) is 0 Å². The normalized spacial score (nSPS) is 12.5. The van der Waals surface area contributed by atoms with Crippen LogP contribution < -0.4 is 10.4 Å². The van der Waals surface area contributed by atoms with Gasteiger partial charge < -0.3 is 0 Å². The van der Waals surface area contributed by atoms with Crippen LogP contribution in [0.1, 0.15) is 6.92 Å². The highest BCUT2D eigenvalue weighted by molar-refractivity contribution is 5.48. The lowest BCUT2D eigenvalue weighted by atomic mass is 10.3. The van der Waals surface area contributed by atoms with Gasteiger partial charge in [-0.3, -0.25) is 9.98 Å². The Labute approximate surface area is 65.6 Å². The van der Waals surface area contributed by atoms with Gasteiger partial charge in [-0.05, 0) is 24.9 Å². The summed E-state index contributed by atoms with van der Waals surface area (Å²) < 4.78 is 0. The lowest BCUT2D eigenvalue weighted by Crippen LogP contribution is -2.24. The minimum Gasteiger partial charge on any atom is -0.269 e. The summed E-state index contributed by atoms with van der Waals surface area (Å²) in [5.74, 6) is 0. The van der Waals surface area contributed by atoms with Crippen molar-refractivity contribution in [2.75, 3.05) is 0 Å². The van der Waals surface area contributed by atoms with E-state index in [1.807, 2.05) is 13.0 Å². The lowest BCUT2D eigenvalue weighted by molar-refractivity contribution is 1.25. The van der Waals surface area contributed by atoms with E-state index in [0.717, 1.165) is 16.1 Å². The van der Waals surface area contributed by atoms with Crippen LogP contribution in [0, 0.1) is 0 Å². The van der Waals surface area contributed by atoms with E-state index >= 15 is 0 Å². The molecule has 1 aromatic rings. The summed E-state index contributed by atoms with van der Waals surface area (Å²) in [7, 11) is 0. The monoisotopic (exact) mass is 146 g/mol. The number of aliphatic imine (C=N–C) groups is 1. The average Bonchev–Trinajstić information content (AvgIpc) is 2.04. The highest BCUT2D eigenvalue weighted by Crippen LogP contribution is 1.85. The summed E-state index contributed by atoms with van der Waals surface area (Å²) in [5.41, 5.74) is 0.864. The van der Waals surface area contributed by atoms with Gasteiger partial charge >= 0.3 is 0 Å². The zero-order valence-corrected chi connectivity index (χ0v) is 6.54. The molecular formula is C9H10N2. The van der Waals surface area contributed by atoms with Crippen LogP contribution in [-0.2, 0) is 0 Å². The second-order valence-corrected chi connectivity index (χ2v) is 2.28. The number of hydrogen-bond acceptors (Lipinski definition) is 2. The van der Waals surface area contributed by atoms with Crippen LogP contribution in [0.2, 0.25) is 0 Å². The third-order valence-corrected chi connectivity index (χ3v) is 1.54. The van der Waals surface area contributed by atoms with Crippen LogP contribution in [0.5, 0.6) is 0 Å². The molecule has 0 aliphatic rings. The van der Waals surface area contributed by atoms with E-state index in [2.05, 4.69) is 23.3 Å². The molecule has 0 aromatic carbocycles. The summed E-state index contributed by atoms with van der Waals surface area (Å²) in [4.78, 5) is 7.77. The van der Waals surface area contributed by atoms with Crippen LogP contribution in [-0.4, -0.2) is 11.7 Å². The maximum atomic E-state index is 3.97. The Morgan fingerprint density at radius 2 is 2.36 bits per heavy atom. The van der Waals surface area contributed by atoms with Gasteiger partial charge in [0, 0.05) is 23.3 Å². The summed E-state index contributed by atoms with van der Waals surface area (Å²) >= 11 is 0. The van der Waals surface area contributed by atoms with Crippen molar-refractivity contribution < 1.29 is 0 Å². The van der Waals surface area contributed by atoms with Gasteiger partial charge in [-0.2, -0.15) is 0 Å². The van der Waals surface area contributed by atoms with E-state index in [0.29, 0.717) is 0 Å². The van der Waals surface area contributed by atoms with E-state index < -0.39 is 0 Å². The van der Waals surface area contributed by atoms with Crippen LogP contribution in [0.25, 0.3) is 12.3 Å². The standard InChI is InChI=1S/C9H10N2/c1-7-4-5-11-6-9(7)8(2)10-3/h4-6H,1,3H2,2H3/b9-8-. The fourth-order valence-electron chi connectivity index (χ4n) is 0.834. The van der Waals surface area contributed by atoms with Crippen molar-refractivity contribution >= 4 is 19.0 Å². The molecule has 0 atom stereocenters. The molecule has 0 saturated heterocycles. The van der Waals surface area contributed by atoms with Gasteiger partial charge in [0.1, 0.15) is 0 Å². The smallest absolute Gasteiger partial charge is 0.0458 e. The highest BCUT2D eigenvalue weighted by Gasteiger charge is 1.85. The summed E-state index contributed by atoms with van der Waals surface area (Å²) in [6.45, 7) is 9.16. The summed E-state index contributed by atoms with van der Waals surface area (Å²) in [6.07, 6.45) is 3.45. The van der Waals surface area contributed by atoms with Gasteiger partial charge in [0.25, 0.3) is 0 Å². The Morgan fingerprint density at radius 3 is 2.91 bits per heavy atom. The zero-order chi connectivity index (χ0) is 8.27. The third kappa shape index (κ3) is 1.52. The van der Waals surface area contributed by atoms with Crippen molar-refractivity contribution in [1.82, 2.24) is 4.98 Å². The largest absolute Gasteiger partial charge is 0.269 e. The minimum absolute atomic E-state index is 0.864. The number of pyridine rings is 1. The second kappa shape index (κ2) is 3.10. The molecule has 0 aliphatic carbocycles. The third-order valence-electron chi connectivity index (χ3n) is 1.54. The van der Waals surface area contributed by atoms with Crippen molar-refractivity contribution in [1.29, 1.82) is 0 Å². The molecule has 0 unspecified atom stereocenters. The molecule has 0 saturated carbocycles. The molecule has 2 nitrogen and oxygen atoms in total. The Kier molecular flexibility index (Phi) is 2.16. The van der Waals surface area contributed by atoms with Crippen molar-refractivity contribution in [3.63, 3.8) is 0 Å². The maximum absolute atomic E-state index is 3.97. The molecule has 1 aromatic heterocycles. The molecule has 1 heterocycles. The molecule has 0 aliphatic heterocycles. The molecular weight excluding hydrogens is 136 g/mol. The molecule has 11 heavy (non-hydrogen) atoms. The lowest BCUT2D eigenvalue weighted by Gasteiger charge is -1.90. The minimum atomic E-state index is 0.864. The number of rotatable bonds is 1. The van der Waals surface area contributed by atoms with E-state index in [-0.39, 0.29) is 0 Å². The Hall–Kier alpha value is -1.44. The van der Waals surface area contributed by atoms with Crippen LogP contribution in [0.15, 0.2) is 23.5 Å². The average molecular weight is 146 g/mol. The molecule has 0 radical (unpaired) electrons. The first kappa shape index (κ1) is 7.66. The predicted molar refractivity (Wildman–Crippen MR) is 47.6 cm³/mol. The molecule has 0 bridgehead atoms. The van der Waals surface area contributed by atoms with E-state index in [4.69, 9.17) is 0 Å². The SMILES string of the molecule is C=N/C(C)=c1/cnccc1=C. The van der Waals surface area contributed by atoms with Gasteiger partial charge in [0.05, 0.1) is 0 Å². The van der Waals surface area contributed by atoms with Crippen molar-refractivity contribution in [3.8, 4) is 0 Å². The summed E-state index contributed by atoms with van der Waals surface area (Å²) in [6, 6.07) is 1.85. The highest BCUT2D eigenvalue weighted by atomic mass is 14.7. The van der Waals surface area contributed by atoms with Gasteiger partial charge in [-0.25, -0.2) is 0 Å². The second-order valence-electron chi connectivity index (χ2n) is 2.28. The van der Waals surface area contributed by atoms with Gasteiger partial charge in [-0.1, -0.05) is 6.58 Å². The van der Waals surface area contributed by atoms with E-state index in [1.165, 1.54) is 0 Å². The molecule has 0 amide bonds. The van der Waals surface area contributed by atoms with Crippen LogP contribution >= 0.6 is 0 Å². The molecule has 56 valence electrons. The fourth-order valence-corrected chi connectivity index (χ4v) is 0.834. The van der Waals surface area contributed by atoms with Gasteiger partial charge in [-0.15, -0.1) is 0 Å². The maximum Gasteiger partial charge on any atom is 0.0458 e. The van der Waals surface area contributed by atoms with Crippen molar-refractivity contribution in [2.45, 2.75) is 6.92 Å². The Balaban J connectivity index is 3.59. The quantitative estimate of drug-likeness (QED) is 0.524. The topological polar surface area (TPSA) is 25.2 Å². The molecule has 0 N–H and O–H groups in total. The first-order valence-corrected chi connectivity index (χ1v) is 3.32. The predicted octanol–water partition coefficient (Wildman–Crippen LogP) is 0.321. The molecule has 1 rings (SSSR count). The van der Waals surface area contributed by atoms with E-state index in [1.54, 1.807) is 12.4 Å². The summed E-state index contributed by atoms with van der Waals surface area (Å²) in [5, 5.41) is 1.90. The molecule has 0 spiro atoms. The number of aromatic nitrogens is 1. The zero-order valence-electron chi connectivity index (χ0n) is 6.54.